The number of nitrogens with one attached hydrogen (secondary N) is 1. The third kappa shape index (κ3) is 2.18. The topological polar surface area (TPSA) is 38.3 Å². The summed E-state index contributed by atoms with van der Waals surface area (Å²) in [6, 6.07) is 5.74. The molecule has 0 aliphatic heterocycles. The first-order valence-corrected chi connectivity index (χ1v) is 5.77. The van der Waals surface area contributed by atoms with Gasteiger partial charge < -0.3 is 10.1 Å². The largest absolute Gasteiger partial charge is 0.489 e. The van der Waals surface area contributed by atoms with E-state index in [4.69, 9.17) is 4.74 Å². The second-order valence-corrected chi connectivity index (χ2v) is 4.04. The van der Waals surface area contributed by atoms with Crippen LogP contribution in [0.5, 0.6) is 5.75 Å². The quantitative estimate of drug-likeness (QED) is 0.842. The highest BCUT2D eigenvalue weighted by molar-refractivity contribution is 5.97. The van der Waals surface area contributed by atoms with Gasteiger partial charge >= 0.3 is 0 Å². The summed E-state index contributed by atoms with van der Waals surface area (Å²) >= 11 is 0. The van der Waals surface area contributed by atoms with E-state index in [9.17, 15) is 4.79 Å². The zero-order valence-corrected chi connectivity index (χ0v) is 9.75. The van der Waals surface area contributed by atoms with Gasteiger partial charge in [-0.05, 0) is 30.9 Å². The lowest BCUT2D eigenvalue weighted by Gasteiger charge is -2.13. The first kappa shape index (κ1) is 11.0. The van der Waals surface area contributed by atoms with Crippen LogP contribution in [0.4, 0.5) is 0 Å². The predicted octanol–water partition coefficient (Wildman–Crippen LogP) is 2.15. The molecular formula is C13H17NO2. The van der Waals surface area contributed by atoms with Crippen molar-refractivity contribution < 1.29 is 9.53 Å². The molecule has 0 heterocycles. The van der Waals surface area contributed by atoms with E-state index >= 15 is 0 Å². The summed E-state index contributed by atoms with van der Waals surface area (Å²) in [5, 5.41) is 2.65. The van der Waals surface area contributed by atoms with Gasteiger partial charge in [0.25, 0.3) is 5.91 Å². The fourth-order valence-corrected chi connectivity index (χ4v) is 1.67. The summed E-state index contributed by atoms with van der Waals surface area (Å²) in [5.74, 6) is 0.692. The number of aryl methyl sites for hydroxylation is 1. The standard InChI is InChI=1S/C13H17NO2/c1-3-9-5-4-6-11(13(15)14-2)12(9)16-10-7-8-10/h4-6,10H,3,7-8H2,1-2H3,(H,14,15). The first-order valence-electron chi connectivity index (χ1n) is 5.77. The van der Waals surface area contributed by atoms with Gasteiger partial charge in [0, 0.05) is 7.05 Å². The maximum absolute atomic E-state index is 11.7. The molecule has 0 spiro atoms. The molecule has 0 saturated heterocycles. The Bertz CT molecular complexity index is 397. The molecule has 1 aliphatic rings. The number of carbonyl (C=O) groups is 1. The Morgan fingerprint density at radius 1 is 1.50 bits per heavy atom. The van der Waals surface area contributed by atoms with Crippen molar-refractivity contribution in [1.82, 2.24) is 5.32 Å². The molecule has 0 aromatic heterocycles. The Hall–Kier alpha value is -1.51. The van der Waals surface area contributed by atoms with Crippen molar-refractivity contribution in [2.24, 2.45) is 0 Å². The second-order valence-electron chi connectivity index (χ2n) is 4.04. The van der Waals surface area contributed by atoms with E-state index in [-0.39, 0.29) is 5.91 Å². The van der Waals surface area contributed by atoms with Crippen molar-refractivity contribution in [2.45, 2.75) is 32.3 Å². The van der Waals surface area contributed by atoms with Crippen LogP contribution in [0.1, 0.15) is 35.7 Å². The number of ether oxygens (including phenoxy) is 1. The summed E-state index contributed by atoms with van der Waals surface area (Å²) in [4.78, 5) is 11.7. The molecule has 1 N–H and O–H groups in total. The number of hydrogen-bond acceptors (Lipinski definition) is 2. The minimum absolute atomic E-state index is 0.0778. The van der Waals surface area contributed by atoms with Crippen LogP contribution in [0, 0.1) is 0 Å². The summed E-state index contributed by atoms with van der Waals surface area (Å²) < 4.78 is 5.84. The maximum Gasteiger partial charge on any atom is 0.254 e. The zero-order valence-electron chi connectivity index (χ0n) is 9.75. The number of para-hydroxylation sites is 1. The average molecular weight is 219 g/mol. The molecule has 3 heteroatoms. The van der Waals surface area contributed by atoms with Crippen LogP contribution in [0.3, 0.4) is 0 Å². The highest BCUT2D eigenvalue weighted by atomic mass is 16.5. The van der Waals surface area contributed by atoms with Gasteiger partial charge in [-0.15, -0.1) is 0 Å². The van der Waals surface area contributed by atoms with Crippen molar-refractivity contribution in [1.29, 1.82) is 0 Å². The monoisotopic (exact) mass is 219 g/mol. The lowest BCUT2D eigenvalue weighted by molar-refractivity contribution is 0.0958. The number of rotatable bonds is 4. The number of amides is 1. The number of hydrogen-bond donors (Lipinski definition) is 1. The summed E-state index contributed by atoms with van der Waals surface area (Å²) in [6.07, 6.45) is 3.40. The molecule has 1 aromatic rings. The second kappa shape index (κ2) is 4.56. The van der Waals surface area contributed by atoms with Crippen LogP contribution in [-0.4, -0.2) is 19.1 Å². The van der Waals surface area contributed by atoms with Gasteiger partial charge in [-0.25, -0.2) is 0 Å². The Balaban J connectivity index is 2.36. The van der Waals surface area contributed by atoms with Gasteiger partial charge in [0.2, 0.25) is 0 Å². The van der Waals surface area contributed by atoms with Crippen LogP contribution >= 0.6 is 0 Å². The lowest BCUT2D eigenvalue weighted by atomic mass is 10.1. The van der Waals surface area contributed by atoms with Gasteiger partial charge in [-0.3, -0.25) is 4.79 Å². The van der Waals surface area contributed by atoms with E-state index in [1.165, 1.54) is 0 Å². The van der Waals surface area contributed by atoms with Crippen LogP contribution in [0.15, 0.2) is 18.2 Å². The van der Waals surface area contributed by atoms with Gasteiger partial charge in [0.15, 0.2) is 0 Å². The molecule has 2 rings (SSSR count). The van der Waals surface area contributed by atoms with Crippen molar-refractivity contribution in [3.05, 3.63) is 29.3 Å². The van der Waals surface area contributed by atoms with Gasteiger partial charge in [0.1, 0.15) is 5.75 Å². The van der Waals surface area contributed by atoms with E-state index < -0.39 is 0 Å². The minimum Gasteiger partial charge on any atom is -0.489 e. The third-order valence-electron chi connectivity index (χ3n) is 2.76. The first-order chi connectivity index (χ1) is 7.76. The highest BCUT2D eigenvalue weighted by Crippen LogP contribution is 2.32. The van der Waals surface area contributed by atoms with Gasteiger partial charge in [-0.2, -0.15) is 0 Å². The zero-order chi connectivity index (χ0) is 11.5. The van der Waals surface area contributed by atoms with Crippen LogP contribution in [-0.2, 0) is 6.42 Å². The normalized spacial score (nSPS) is 14.6. The molecule has 0 bridgehead atoms. The third-order valence-corrected chi connectivity index (χ3v) is 2.76. The molecule has 16 heavy (non-hydrogen) atoms. The molecule has 1 fully saturated rings. The average Bonchev–Trinajstić information content (AvgIpc) is 3.12. The van der Waals surface area contributed by atoms with Gasteiger partial charge in [-0.1, -0.05) is 19.1 Å². The molecule has 0 unspecified atom stereocenters. The maximum atomic E-state index is 11.7. The molecule has 1 saturated carbocycles. The van der Waals surface area contributed by atoms with Crippen molar-refractivity contribution in [2.75, 3.05) is 7.05 Å². The number of benzene rings is 1. The molecular weight excluding hydrogens is 202 g/mol. The van der Waals surface area contributed by atoms with Crippen molar-refractivity contribution in [3.63, 3.8) is 0 Å². The Kier molecular flexibility index (Phi) is 3.13. The molecule has 3 nitrogen and oxygen atoms in total. The van der Waals surface area contributed by atoms with E-state index in [0.717, 1.165) is 30.6 Å². The summed E-state index contributed by atoms with van der Waals surface area (Å²) in [5.41, 5.74) is 1.75. The molecule has 0 radical (unpaired) electrons. The molecule has 1 aromatic carbocycles. The van der Waals surface area contributed by atoms with Crippen LogP contribution in [0.2, 0.25) is 0 Å². The Labute approximate surface area is 95.8 Å². The Morgan fingerprint density at radius 3 is 2.81 bits per heavy atom. The number of carbonyl (C=O) groups excluding carboxylic acids is 1. The van der Waals surface area contributed by atoms with Crippen LogP contribution < -0.4 is 10.1 Å². The minimum atomic E-state index is -0.0778. The molecule has 1 aliphatic carbocycles. The smallest absolute Gasteiger partial charge is 0.254 e. The van der Waals surface area contributed by atoms with Gasteiger partial charge in [0.05, 0.1) is 11.7 Å². The van der Waals surface area contributed by atoms with Crippen LogP contribution in [0.25, 0.3) is 0 Å². The van der Waals surface area contributed by atoms with E-state index in [1.54, 1.807) is 7.05 Å². The van der Waals surface area contributed by atoms with Crippen molar-refractivity contribution in [3.8, 4) is 5.75 Å². The fraction of sp³-hybridized carbons (Fsp3) is 0.462. The SMILES string of the molecule is CCc1cccc(C(=O)NC)c1OC1CC1. The molecule has 1 amide bonds. The van der Waals surface area contributed by atoms with E-state index in [1.807, 2.05) is 18.2 Å². The Morgan fingerprint density at radius 2 is 2.25 bits per heavy atom. The predicted molar refractivity (Wildman–Crippen MR) is 62.9 cm³/mol. The molecule has 0 atom stereocenters. The summed E-state index contributed by atoms with van der Waals surface area (Å²) in [6.45, 7) is 2.07. The summed E-state index contributed by atoms with van der Waals surface area (Å²) in [7, 11) is 1.64. The fourth-order valence-electron chi connectivity index (χ4n) is 1.67. The van der Waals surface area contributed by atoms with E-state index in [0.29, 0.717) is 11.7 Å². The lowest BCUT2D eigenvalue weighted by Crippen LogP contribution is -2.19. The van der Waals surface area contributed by atoms with E-state index in [2.05, 4.69) is 12.2 Å². The van der Waals surface area contributed by atoms with Crippen molar-refractivity contribution >= 4 is 5.91 Å². The molecule has 86 valence electrons. The highest BCUT2D eigenvalue weighted by Gasteiger charge is 2.26.